The third-order valence-corrected chi connectivity index (χ3v) is 3.37. The Morgan fingerprint density at radius 2 is 2.32 bits per heavy atom. The van der Waals surface area contributed by atoms with Crippen molar-refractivity contribution in [1.82, 2.24) is 10.3 Å². The van der Waals surface area contributed by atoms with Crippen LogP contribution in [0.1, 0.15) is 32.3 Å². The van der Waals surface area contributed by atoms with Crippen LogP contribution in [0.4, 0.5) is 5.69 Å². The van der Waals surface area contributed by atoms with Gasteiger partial charge in [-0.3, -0.25) is 4.98 Å². The molecular weight excluding hydrogens is 234 g/mol. The quantitative estimate of drug-likeness (QED) is 0.727. The van der Waals surface area contributed by atoms with Gasteiger partial charge in [0, 0.05) is 42.8 Å². The molecule has 1 aliphatic carbocycles. The lowest BCUT2D eigenvalue weighted by Gasteiger charge is -2.25. The summed E-state index contributed by atoms with van der Waals surface area (Å²) in [6.07, 6.45) is 8.47. The van der Waals surface area contributed by atoms with E-state index in [1.807, 2.05) is 18.5 Å². The van der Waals surface area contributed by atoms with Crippen LogP contribution < -0.4 is 10.2 Å². The van der Waals surface area contributed by atoms with Crippen LogP contribution in [-0.2, 0) is 6.54 Å². The first-order valence-corrected chi connectivity index (χ1v) is 7.23. The second kappa shape index (κ2) is 6.71. The van der Waals surface area contributed by atoms with Crippen molar-refractivity contribution >= 4 is 5.69 Å². The third-order valence-electron chi connectivity index (χ3n) is 3.37. The Bertz CT molecular complexity index is 410. The van der Waals surface area contributed by atoms with Crippen LogP contribution in [0.5, 0.6) is 0 Å². The Balaban J connectivity index is 2.07. The van der Waals surface area contributed by atoms with Gasteiger partial charge in [-0.05, 0) is 31.4 Å². The second-order valence-corrected chi connectivity index (χ2v) is 5.70. The van der Waals surface area contributed by atoms with Crippen molar-refractivity contribution in [2.75, 3.05) is 18.0 Å². The van der Waals surface area contributed by atoms with E-state index < -0.39 is 0 Å². The fraction of sp³-hybridized carbons (Fsp3) is 0.562. The first kappa shape index (κ1) is 14.1. The van der Waals surface area contributed by atoms with Crippen molar-refractivity contribution < 1.29 is 0 Å². The van der Waals surface area contributed by atoms with E-state index in [1.165, 1.54) is 24.1 Å². The van der Waals surface area contributed by atoms with E-state index in [4.69, 9.17) is 0 Å². The number of pyridine rings is 1. The maximum absolute atomic E-state index is 4.27. The van der Waals surface area contributed by atoms with Gasteiger partial charge in [-0.2, -0.15) is 0 Å². The van der Waals surface area contributed by atoms with Crippen molar-refractivity contribution in [2.45, 2.75) is 39.3 Å². The molecule has 0 radical (unpaired) electrons. The van der Waals surface area contributed by atoms with Crippen LogP contribution in [-0.4, -0.2) is 24.1 Å². The summed E-state index contributed by atoms with van der Waals surface area (Å²) < 4.78 is 0. The SMILES string of the molecule is C=CCN(c1ccncc1CNCC(C)C)C1CC1. The lowest BCUT2D eigenvalue weighted by Crippen LogP contribution is -2.28. The second-order valence-electron chi connectivity index (χ2n) is 5.70. The van der Waals surface area contributed by atoms with Crippen LogP contribution in [0.2, 0.25) is 0 Å². The Morgan fingerprint density at radius 1 is 1.53 bits per heavy atom. The summed E-state index contributed by atoms with van der Waals surface area (Å²) in [7, 11) is 0. The van der Waals surface area contributed by atoms with E-state index in [2.05, 4.69) is 41.7 Å². The van der Waals surface area contributed by atoms with Gasteiger partial charge in [0.1, 0.15) is 0 Å². The van der Waals surface area contributed by atoms with Crippen LogP contribution in [0.25, 0.3) is 0 Å². The molecule has 1 heterocycles. The highest BCUT2D eigenvalue weighted by Crippen LogP contribution is 2.33. The van der Waals surface area contributed by atoms with E-state index in [9.17, 15) is 0 Å². The highest BCUT2D eigenvalue weighted by Gasteiger charge is 2.29. The third kappa shape index (κ3) is 4.06. The van der Waals surface area contributed by atoms with Gasteiger partial charge in [0.25, 0.3) is 0 Å². The number of nitrogens with one attached hydrogen (secondary N) is 1. The fourth-order valence-corrected chi connectivity index (χ4v) is 2.30. The van der Waals surface area contributed by atoms with Gasteiger partial charge in [0.05, 0.1) is 0 Å². The maximum Gasteiger partial charge on any atom is 0.0448 e. The van der Waals surface area contributed by atoms with Gasteiger partial charge in [-0.15, -0.1) is 6.58 Å². The average Bonchev–Trinajstić information content (AvgIpc) is 3.21. The summed E-state index contributed by atoms with van der Waals surface area (Å²) in [4.78, 5) is 6.73. The van der Waals surface area contributed by atoms with E-state index in [1.54, 1.807) is 0 Å². The fourth-order valence-electron chi connectivity index (χ4n) is 2.30. The van der Waals surface area contributed by atoms with Crippen molar-refractivity contribution in [3.8, 4) is 0 Å². The van der Waals surface area contributed by atoms with Gasteiger partial charge in [-0.25, -0.2) is 0 Å². The van der Waals surface area contributed by atoms with Crippen molar-refractivity contribution in [3.05, 3.63) is 36.7 Å². The number of aromatic nitrogens is 1. The number of anilines is 1. The van der Waals surface area contributed by atoms with Gasteiger partial charge in [0.2, 0.25) is 0 Å². The molecule has 0 saturated heterocycles. The van der Waals surface area contributed by atoms with E-state index in [0.717, 1.165) is 19.6 Å². The molecule has 0 aromatic carbocycles. The number of hydrogen-bond acceptors (Lipinski definition) is 3. The zero-order chi connectivity index (χ0) is 13.7. The number of rotatable bonds is 8. The van der Waals surface area contributed by atoms with Gasteiger partial charge < -0.3 is 10.2 Å². The molecule has 1 saturated carbocycles. The van der Waals surface area contributed by atoms with E-state index in [0.29, 0.717) is 12.0 Å². The Kier molecular flexibility index (Phi) is 4.97. The van der Waals surface area contributed by atoms with Gasteiger partial charge in [-0.1, -0.05) is 19.9 Å². The van der Waals surface area contributed by atoms with Crippen LogP contribution in [0.15, 0.2) is 31.1 Å². The number of hydrogen-bond donors (Lipinski definition) is 1. The molecule has 1 fully saturated rings. The molecule has 104 valence electrons. The summed E-state index contributed by atoms with van der Waals surface area (Å²) in [5.41, 5.74) is 2.60. The van der Waals surface area contributed by atoms with Crippen molar-refractivity contribution in [2.24, 2.45) is 5.92 Å². The zero-order valence-electron chi connectivity index (χ0n) is 12.1. The minimum absolute atomic E-state index is 0.674. The normalized spacial score (nSPS) is 14.7. The molecular formula is C16H25N3. The topological polar surface area (TPSA) is 28.2 Å². The molecule has 3 nitrogen and oxygen atoms in total. The first-order valence-electron chi connectivity index (χ1n) is 7.23. The predicted molar refractivity (Wildman–Crippen MR) is 81.3 cm³/mol. The minimum atomic E-state index is 0.674. The summed E-state index contributed by atoms with van der Waals surface area (Å²) in [6, 6.07) is 2.83. The largest absolute Gasteiger partial charge is 0.364 e. The van der Waals surface area contributed by atoms with Crippen molar-refractivity contribution in [1.29, 1.82) is 0 Å². The molecule has 1 aromatic heterocycles. The molecule has 1 aliphatic rings. The monoisotopic (exact) mass is 259 g/mol. The highest BCUT2D eigenvalue weighted by molar-refractivity contribution is 5.54. The lowest BCUT2D eigenvalue weighted by molar-refractivity contribution is 0.551. The zero-order valence-corrected chi connectivity index (χ0v) is 12.1. The summed E-state index contributed by atoms with van der Waals surface area (Å²) in [6.45, 7) is 11.2. The molecule has 1 aromatic rings. The Morgan fingerprint density at radius 3 is 2.95 bits per heavy atom. The average molecular weight is 259 g/mol. The molecule has 3 heteroatoms. The molecule has 0 spiro atoms. The molecule has 0 aliphatic heterocycles. The molecule has 0 amide bonds. The summed E-state index contributed by atoms with van der Waals surface area (Å²) in [5.74, 6) is 0.674. The highest BCUT2D eigenvalue weighted by atomic mass is 15.2. The molecule has 2 rings (SSSR count). The van der Waals surface area contributed by atoms with Crippen LogP contribution in [0, 0.1) is 5.92 Å². The summed E-state index contributed by atoms with van der Waals surface area (Å²) in [5, 5.41) is 3.51. The van der Waals surface area contributed by atoms with Crippen LogP contribution >= 0.6 is 0 Å². The molecule has 1 N–H and O–H groups in total. The molecule has 0 unspecified atom stereocenters. The number of nitrogens with zero attached hydrogens (tertiary/aromatic N) is 2. The van der Waals surface area contributed by atoms with Crippen LogP contribution in [0.3, 0.4) is 0 Å². The van der Waals surface area contributed by atoms with Gasteiger partial charge in [0.15, 0.2) is 0 Å². The van der Waals surface area contributed by atoms with Gasteiger partial charge >= 0.3 is 0 Å². The van der Waals surface area contributed by atoms with E-state index >= 15 is 0 Å². The Labute approximate surface area is 116 Å². The van der Waals surface area contributed by atoms with Crippen molar-refractivity contribution in [3.63, 3.8) is 0 Å². The molecule has 0 atom stereocenters. The standard InChI is InChI=1S/C16H25N3/c1-4-9-19(15-5-6-15)16-7-8-17-11-14(16)12-18-10-13(2)3/h4,7-8,11,13,15,18H,1,5-6,9-10,12H2,2-3H3. The lowest BCUT2D eigenvalue weighted by atomic mass is 10.2. The van der Waals surface area contributed by atoms with E-state index in [-0.39, 0.29) is 0 Å². The summed E-state index contributed by atoms with van der Waals surface area (Å²) >= 11 is 0. The molecule has 19 heavy (non-hydrogen) atoms. The maximum atomic E-state index is 4.27. The smallest absolute Gasteiger partial charge is 0.0448 e. The predicted octanol–water partition coefficient (Wildman–Crippen LogP) is 2.98. The first-order chi connectivity index (χ1) is 9.22. The minimum Gasteiger partial charge on any atom is -0.364 e. The Hall–Kier alpha value is -1.35. The molecule has 0 bridgehead atoms.